The topological polar surface area (TPSA) is 61.8 Å². The molecule has 2 bridgehead atoms. The van der Waals surface area contributed by atoms with Crippen LogP contribution < -0.4 is 0 Å². The fourth-order valence-electron chi connectivity index (χ4n) is 4.12. The lowest BCUT2D eigenvalue weighted by atomic mass is 9.57. The summed E-state index contributed by atoms with van der Waals surface area (Å²) in [6.07, 6.45) is 2.54. The zero-order valence-corrected chi connectivity index (χ0v) is 10.9. The largest absolute Gasteiger partial charge is 0.465 e. The molecule has 3 saturated carbocycles. The van der Waals surface area contributed by atoms with Gasteiger partial charge in [0.05, 0.1) is 18.6 Å². The molecule has 1 saturated heterocycles. The predicted molar refractivity (Wildman–Crippen MR) is 65.0 cm³/mol. The minimum absolute atomic E-state index is 0.0128. The highest BCUT2D eigenvalue weighted by molar-refractivity contribution is 5.81. The number of methoxy groups -OCH3 is 1. The van der Waals surface area contributed by atoms with E-state index in [2.05, 4.69) is 6.58 Å². The van der Waals surface area contributed by atoms with E-state index in [-0.39, 0.29) is 41.8 Å². The summed E-state index contributed by atoms with van der Waals surface area (Å²) in [6.45, 7) is 3.89. The quantitative estimate of drug-likeness (QED) is 0.561. The summed E-state index contributed by atoms with van der Waals surface area (Å²) in [4.78, 5) is 23.4. The second-order valence-electron chi connectivity index (χ2n) is 5.53. The normalized spacial score (nSPS) is 43.5. The van der Waals surface area contributed by atoms with Crippen molar-refractivity contribution in [1.29, 1.82) is 0 Å². The summed E-state index contributed by atoms with van der Waals surface area (Å²) in [5.74, 6) is -0.271. The molecule has 0 amide bonds. The SMILES string of the molecule is C=CC(=O)OC1C2CCC(C3COC(=O)C32)C1OC. The van der Waals surface area contributed by atoms with Crippen LogP contribution in [0.5, 0.6) is 0 Å². The maximum absolute atomic E-state index is 11.9. The Hall–Kier alpha value is -1.36. The lowest BCUT2D eigenvalue weighted by molar-refractivity contribution is -0.193. The minimum atomic E-state index is -0.456. The van der Waals surface area contributed by atoms with Gasteiger partial charge in [-0.2, -0.15) is 0 Å². The van der Waals surface area contributed by atoms with E-state index in [9.17, 15) is 9.59 Å². The summed E-state index contributed by atoms with van der Waals surface area (Å²) in [5, 5.41) is 0. The van der Waals surface area contributed by atoms with Crippen LogP contribution >= 0.6 is 0 Å². The van der Waals surface area contributed by atoms with Gasteiger partial charge in [0.15, 0.2) is 0 Å². The van der Waals surface area contributed by atoms with Gasteiger partial charge in [-0.05, 0) is 18.8 Å². The highest BCUT2D eigenvalue weighted by atomic mass is 16.6. The summed E-state index contributed by atoms with van der Waals surface area (Å²) >= 11 is 0. The Bertz CT molecular complexity index is 418. The number of hydrogen-bond donors (Lipinski definition) is 0. The van der Waals surface area contributed by atoms with E-state index in [4.69, 9.17) is 14.2 Å². The van der Waals surface area contributed by atoms with Crippen molar-refractivity contribution in [2.45, 2.75) is 25.0 Å². The molecule has 3 aliphatic carbocycles. The van der Waals surface area contributed by atoms with Gasteiger partial charge in [-0.25, -0.2) is 4.79 Å². The van der Waals surface area contributed by atoms with Crippen LogP contribution in [0.2, 0.25) is 0 Å². The molecule has 6 atom stereocenters. The average molecular weight is 266 g/mol. The van der Waals surface area contributed by atoms with Gasteiger partial charge in [0.2, 0.25) is 0 Å². The van der Waals surface area contributed by atoms with Gasteiger partial charge in [-0.15, -0.1) is 0 Å². The van der Waals surface area contributed by atoms with Crippen LogP contribution in [-0.4, -0.2) is 37.9 Å². The average Bonchev–Trinajstić information content (AvgIpc) is 2.83. The van der Waals surface area contributed by atoms with Crippen LogP contribution in [0.3, 0.4) is 0 Å². The molecule has 5 heteroatoms. The number of carbonyl (C=O) groups excluding carboxylic acids is 2. The van der Waals surface area contributed by atoms with Crippen LogP contribution in [0.25, 0.3) is 0 Å². The summed E-state index contributed by atoms with van der Waals surface area (Å²) in [7, 11) is 1.63. The molecular weight excluding hydrogens is 248 g/mol. The highest BCUT2D eigenvalue weighted by Gasteiger charge is 2.61. The smallest absolute Gasteiger partial charge is 0.330 e. The first-order chi connectivity index (χ1) is 9.17. The van der Waals surface area contributed by atoms with Crippen LogP contribution in [0.1, 0.15) is 12.8 Å². The summed E-state index contributed by atoms with van der Waals surface area (Å²) in [6, 6.07) is 0. The van der Waals surface area contributed by atoms with E-state index in [0.717, 1.165) is 18.9 Å². The summed E-state index contributed by atoms with van der Waals surface area (Å²) in [5.41, 5.74) is 0. The van der Waals surface area contributed by atoms with Crippen LogP contribution in [-0.2, 0) is 23.8 Å². The van der Waals surface area contributed by atoms with Crippen molar-refractivity contribution >= 4 is 11.9 Å². The Morgan fingerprint density at radius 2 is 2.05 bits per heavy atom. The second-order valence-corrected chi connectivity index (χ2v) is 5.53. The second kappa shape index (κ2) is 4.63. The van der Waals surface area contributed by atoms with Crippen LogP contribution in [0.15, 0.2) is 12.7 Å². The molecule has 19 heavy (non-hydrogen) atoms. The lowest BCUT2D eigenvalue weighted by Crippen LogP contribution is -2.59. The van der Waals surface area contributed by atoms with Crippen LogP contribution in [0, 0.1) is 23.7 Å². The van der Waals surface area contributed by atoms with Crippen LogP contribution in [0.4, 0.5) is 0 Å². The fourth-order valence-corrected chi connectivity index (χ4v) is 4.12. The number of hydrogen-bond acceptors (Lipinski definition) is 5. The van der Waals surface area contributed by atoms with Crippen molar-refractivity contribution in [3.05, 3.63) is 12.7 Å². The molecule has 4 aliphatic rings. The maximum atomic E-state index is 11.9. The first-order valence-corrected chi connectivity index (χ1v) is 6.70. The number of cyclic esters (lactones) is 1. The molecule has 4 rings (SSSR count). The number of ether oxygens (including phenoxy) is 3. The third-order valence-electron chi connectivity index (χ3n) is 4.85. The summed E-state index contributed by atoms with van der Waals surface area (Å²) < 4.78 is 16.2. The van der Waals surface area contributed by atoms with Gasteiger partial charge >= 0.3 is 11.9 Å². The first-order valence-electron chi connectivity index (χ1n) is 6.70. The van der Waals surface area contributed by atoms with Crippen molar-refractivity contribution in [1.82, 2.24) is 0 Å². The lowest BCUT2D eigenvalue weighted by Gasteiger charge is -2.51. The number of carbonyl (C=O) groups is 2. The Balaban J connectivity index is 1.89. The monoisotopic (exact) mass is 266 g/mol. The molecule has 0 aromatic carbocycles. The van der Waals surface area contributed by atoms with E-state index < -0.39 is 5.97 Å². The molecule has 6 unspecified atom stereocenters. The van der Waals surface area contributed by atoms with Crippen molar-refractivity contribution in [3.63, 3.8) is 0 Å². The molecular formula is C14H18O5. The Labute approximate surface area is 111 Å². The van der Waals surface area contributed by atoms with Gasteiger partial charge in [0, 0.05) is 25.0 Å². The Morgan fingerprint density at radius 3 is 2.74 bits per heavy atom. The molecule has 0 N–H and O–H groups in total. The van der Waals surface area contributed by atoms with Crippen molar-refractivity contribution in [2.75, 3.05) is 13.7 Å². The fraction of sp³-hybridized carbons (Fsp3) is 0.714. The first kappa shape index (κ1) is 12.7. The maximum Gasteiger partial charge on any atom is 0.330 e. The zero-order chi connectivity index (χ0) is 13.6. The Kier molecular flexibility index (Phi) is 3.09. The number of fused-ring (bicyclic) bond motifs is 2. The van der Waals surface area contributed by atoms with Crippen molar-refractivity contribution < 1.29 is 23.8 Å². The van der Waals surface area contributed by atoms with E-state index in [1.807, 2.05) is 0 Å². The van der Waals surface area contributed by atoms with E-state index in [1.54, 1.807) is 7.11 Å². The van der Waals surface area contributed by atoms with Gasteiger partial charge in [0.25, 0.3) is 0 Å². The van der Waals surface area contributed by atoms with Gasteiger partial charge in [-0.1, -0.05) is 6.58 Å². The van der Waals surface area contributed by atoms with E-state index >= 15 is 0 Å². The molecule has 5 nitrogen and oxygen atoms in total. The third-order valence-corrected chi connectivity index (χ3v) is 4.85. The molecule has 0 spiro atoms. The predicted octanol–water partition coefficient (Wildman–Crippen LogP) is 0.928. The number of rotatable bonds is 3. The van der Waals surface area contributed by atoms with Crippen molar-refractivity contribution in [2.24, 2.45) is 23.7 Å². The molecule has 0 radical (unpaired) electrons. The molecule has 104 valence electrons. The van der Waals surface area contributed by atoms with Gasteiger partial charge in [-0.3, -0.25) is 4.79 Å². The zero-order valence-electron chi connectivity index (χ0n) is 10.9. The molecule has 1 heterocycles. The van der Waals surface area contributed by atoms with Gasteiger partial charge < -0.3 is 14.2 Å². The van der Waals surface area contributed by atoms with Gasteiger partial charge in [0.1, 0.15) is 6.10 Å². The third kappa shape index (κ3) is 1.79. The number of esters is 2. The Morgan fingerprint density at radius 1 is 1.32 bits per heavy atom. The standard InChI is InChI=1S/C14H18O5/c1-3-10(15)19-13-8-5-4-7(12(13)17-2)9-6-18-14(16)11(8)9/h3,7-9,11-13H,1,4-6H2,2H3. The van der Waals surface area contributed by atoms with Crippen molar-refractivity contribution in [3.8, 4) is 0 Å². The molecule has 0 aromatic heterocycles. The van der Waals surface area contributed by atoms with E-state index in [0.29, 0.717) is 6.61 Å². The minimum Gasteiger partial charge on any atom is -0.465 e. The molecule has 1 aliphatic heterocycles. The molecule has 0 aromatic rings. The van der Waals surface area contributed by atoms with E-state index in [1.165, 1.54) is 0 Å². The highest BCUT2D eigenvalue weighted by Crippen LogP contribution is 2.53. The molecule has 4 fully saturated rings.